The number of ether oxygens (including phenoxy) is 1. The molecule has 0 aromatic rings. The lowest BCUT2D eigenvalue weighted by Gasteiger charge is -2.29. The lowest BCUT2D eigenvalue weighted by atomic mass is 9.97. The van der Waals surface area contributed by atoms with Crippen LogP contribution in [0.5, 0.6) is 0 Å². The van der Waals surface area contributed by atoms with E-state index in [2.05, 4.69) is 0 Å². The highest BCUT2D eigenvalue weighted by molar-refractivity contribution is 5.75. The number of carboxylic acid groups (broad SMARTS) is 1. The summed E-state index contributed by atoms with van der Waals surface area (Å²) >= 11 is 0. The largest absolute Gasteiger partial charge is 0.481 e. The van der Waals surface area contributed by atoms with Gasteiger partial charge >= 0.3 is 11.9 Å². The number of carbonyl (C=O) groups excluding carboxylic acids is 1. The van der Waals surface area contributed by atoms with E-state index in [1.54, 1.807) is 0 Å². The first-order chi connectivity index (χ1) is 8.04. The molecule has 0 aromatic heterocycles. The fourth-order valence-corrected chi connectivity index (χ4v) is 1.37. The molecule has 0 saturated carbocycles. The molecular weight excluding hydrogens is 234 g/mol. The standard InChI is InChI=1S/C13H25NO4/c1-13(2,3)12(17)18-10-9-14(4,5)8-6-7-11(15)16/h6-10H2,1-5H3/p+1. The quantitative estimate of drug-likeness (QED) is 0.557. The van der Waals surface area contributed by atoms with E-state index in [1.165, 1.54) is 0 Å². The predicted octanol–water partition coefficient (Wildman–Crippen LogP) is 1.52. The molecule has 0 spiro atoms. The van der Waals surface area contributed by atoms with E-state index in [0.717, 1.165) is 6.54 Å². The molecule has 0 heterocycles. The zero-order valence-corrected chi connectivity index (χ0v) is 12.2. The number of carboxylic acids is 1. The Labute approximate surface area is 109 Å². The van der Waals surface area contributed by atoms with E-state index < -0.39 is 11.4 Å². The highest BCUT2D eigenvalue weighted by Crippen LogP contribution is 2.15. The second-order valence-corrected chi connectivity index (χ2v) is 6.27. The van der Waals surface area contributed by atoms with Gasteiger partial charge in [-0.25, -0.2) is 0 Å². The Kier molecular flexibility index (Phi) is 6.32. The average molecular weight is 260 g/mol. The molecule has 0 radical (unpaired) electrons. The van der Waals surface area contributed by atoms with Gasteiger partial charge in [-0.2, -0.15) is 0 Å². The number of quaternary nitrogens is 1. The Morgan fingerprint density at radius 3 is 2.17 bits per heavy atom. The van der Waals surface area contributed by atoms with Crippen molar-refractivity contribution in [2.45, 2.75) is 33.6 Å². The Hall–Kier alpha value is -1.10. The summed E-state index contributed by atoms with van der Waals surface area (Å²) in [6, 6.07) is 0. The minimum atomic E-state index is -0.769. The molecule has 1 N–H and O–H groups in total. The number of aliphatic carboxylic acids is 1. The predicted molar refractivity (Wildman–Crippen MR) is 69.1 cm³/mol. The van der Waals surface area contributed by atoms with E-state index in [1.807, 2.05) is 34.9 Å². The summed E-state index contributed by atoms with van der Waals surface area (Å²) in [6.07, 6.45) is 0.818. The molecule has 0 unspecified atom stereocenters. The number of hydrogen-bond donors (Lipinski definition) is 1. The number of carbonyl (C=O) groups is 2. The van der Waals surface area contributed by atoms with Crippen molar-refractivity contribution in [3.05, 3.63) is 0 Å². The average Bonchev–Trinajstić information content (AvgIpc) is 2.14. The topological polar surface area (TPSA) is 63.6 Å². The van der Waals surface area contributed by atoms with Gasteiger partial charge in [0, 0.05) is 6.42 Å². The third-order valence-electron chi connectivity index (χ3n) is 2.70. The molecule has 0 aliphatic carbocycles. The summed E-state index contributed by atoms with van der Waals surface area (Å²) in [6.45, 7) is 7.30. The van der Waals surface area contributed by atoms with Crippen molar-refractivity contribution in [2.24, 2.45) is 5.41 Å². The molecule has 0 aromatic carbocycles. The van der Waals surface area contributed by atoms with E-state index in [9.17, 15) is 9.59 Å². The smallest absolute Gasteiger partial charge is 0.311 e. The van der Waals surface area contributed by atoms with Crippen LogP contribution in [0.25, 0.3) is 0 Å². The van der Waals surface area contributed by atoms with E-state index in [-0.39, 0.29) is 12.4 Å². The molecule has 0 bridgehead atoms. The zero-order valence-electron chi connectivity index (χ0n) is 12.2. The molecule has 0 fully saturated rings. The van der Waals surface area contributed by atoms with Gasteiger partial charge in [0.1, 0.15) is 13.2 Å². The van der Waals surface area contributed by atoms with Crippen LogP contribution in [0, 0.1) is 5.41 Å². The first kappa shape index (κ1) is 16.9. The molecule has 0 rings (SSSR count). The van der Waals surface area contributed by atoms with Crippen molar-refractivity contribution >= 4 is 11.9 Å². The first-order valence-electron chi connectivity index (χ1n) is 6.26. The molecule has 0 aliphatic rings. The summed E-state index contributed by atoms with van der Waals surface area (Å²) in [7, 11) is 4.01. The molecule has 0 saturated heterocycles. The summed E-state index contributed by atoms with van der Waals surface area (Å²) in [5.74, 6) is -0.970. The molecule has 0 aliphatic heterocycles. The zero-order chi connectivity index (χ0) is 14.4. The summed E-state index contributed by atoms with van der Waals surface area (Å²) in [5, 5.41) is 8.57. The maximum absolute atomic E-state index is 11.5. The van der Waals surface area contributed by atoms with Gasteiger partial charge in [-0.05, 0) is 20.8 Å². The van der Waals surface area contributed by atoms with E-state index >= 15 is 0 Å². The second-order valence-electron chi connectivity index (χ2n) is 6.27. The minimum absolute atomic E-state index is 0.184. The Morgan fingerprint density at radius 2 is 1.72 bits per heavy atom. The Bertz CT molecular complexity index is 292. The van der Waals surface area contributed by atoms with Crippen LogP contribution in [0.3, 0.4) is 0 Å². The van der Waals surface area contributed by atoms with Gasteiger partial charge in [-0.15, -0.1) is 0 Å². The van der Waals surface area contributed by atoms with E-state index in [0.29, 0.717) is 24.1 Å². The van der Waals surface area contributed by atoms with Gasteiger partial charge in [-0.1, -0.05) is 0 Å². The number of likely N-dealkylation sites (N-methyl/N-ethyl adjacent to an activating group) is 1. The minimum Gasteiger partial charge on any atom is -0.481 e. The second kappa shape index (κ2) is 6.73. The van der Waals surface area contributed by atoms with Crippen LogP contribution in [0.15, 0.2) is 0 Å². The van der Waals surface area contributed by atoms with Gasteiger partial charge in [0.05, 0.1) is 32.5 Å². The molecule has 0 atom stereocenters. The SMILES string of the molecule is CC(C)(C)C(=O)OCC[N+](C)(C)CCCC(=O)O. The monoisotopic (exact) mass is 260 g/mol. The normalized spacial score (nSPS) is 12.3. The van der Waals surface area contributed by atoms with E-state index in [4.69, 9.17) is 9.84 Å². The lowest BCUT2D eigenvalue weighted by Crippen LogP contribution is -2.43. The van der Waals surface area contributed by atoms with Crippen LogP contribution in [-0.4, -0.2) is 55.3 Å². The molecule has 106 valence electrons. The molecule has 0 amide bonds. The molecule has 5 heteroatoms. The number of rotatable bonds is 7. The fraction of sp³-hybridized carbons (Fsp3) is 0.846. The van der Waals surface area contributed by atoms with Gasteiger partial charge in [0.15, 0.2) is 0 Å². The summed E-state index contributed by atoms with van der Waals surface area (Å²) < 4.78 is 5.86. The van der Waals surface area contributed by atoms with Gasteiger partial charge in [-0.3, -0.25) is 9.59 Å². The van der Waals surface area contributed by atoms with Crippen LogP contribution in [0.2, 0.25) is 0 Å². The van der Waals surface area contributed by atoms with Crippen molar-refractivity contribution in [3.63, 3.8) is 0 Å². The number of esters is 1. The first-order valence-corrected chi connectivity index (χ1v) is 6.26. The van der Waals surface area contributed by atoms with Crippen LogP contribution in [0.1, 0.15) is 33.6 Å². The number of nitrogens with zero attached hydrogens (tertiary/aromatic N) is 1. The highest BCUT2D eigenvalue weighted by Gasteiger charge is 2.24. The van der Waals surface area contributed by atoms with Gasteiger partial charge in [0.25, 0.3) is 0 Å². The molecule has 18 heavy (non-hydrogen) atoms. The lowest BCUT2D eigenvalue weighted by molar-refractivity contribution is -0.890. The van der Waals surface area contributed by atoms with Crippen molar-refractivity contribution in [1.82, 2.24) is 0 Å². The van der Waals surface area contributed by atoms with Crippen molar-refractivity contribution < 1.29 is 23.9 Å². The Balaban J connectivity index is 3.90. The summed E-state index contributed by atoms with van der Waals surface area (Å²) in [5.41, 5.74) is -0.472. The van der Waals surface area contributed by atoms with Crippen molar-refractivity contribution in [2.75, 3.05) is 33.8 Å². The van der Waals surface area contributed by atoms with Crippen LogP contribution >= 0.6 is 0 Å². The maximum atomic E-state index is 11.5. The molecular formula is C13H26NO4+. The molecule has 5 nitrogen and oxygen atoms in total. The third-order valence-corrected chi connectivity index (χ3v) is 2.70. The summed E-state index contributed by atoms with van der Waals surface area (Å²) in [4.78, 5) is 22.0. The Morgan fingerprint density at radius 1 is 1.17 bits per heavy atom. The van der Waals surface area contributed by atoms with Gasteiger partial charge < -0.3 is 14.3 Å². The van der Waals surface area contributed by atoms with Crippen molar-refractivity contribution in [1.29, 1.82) is 0 Å². The van der Waals surface area contributed by atoms with Crippen LogP contribution in [0.4, 0.5) is 0 Å². The van der Waals surface area contributed by atoms with Gasteiger partial charge in [0.2, 0.25) is 0 Å². The van der Waals surface area contributed by atoms with Crippen LogP contribution < -0.4 is 0 Å². The fourth-order valence-electron chi connectivity index (χ4n) is 1.37. The highest BCUT2D eigenvalue weighted by atomic mass is 16.5. The van der Waals surface area contributed by atoms with Crippen molar-refractivity contribution in [3.8, 4) is 0 Å². The van der Waals surface area contributed by atoms with Crippen LogP contribution in [-0.2, 0) is 14.3 Å². The maximum Gasteiger partial charge on any atom is 0.311 e. The third kappa shape index (κ3) is 8.06. The number of hydrogen-bond acceptors (Lipinski definition) is 3.